The molecule has 1 aliphatic carbocycles. The first kappa shape index (κ1) is 14.0. The van der Waals surface area contributed by atoms with E-state index in [2.05, 4.69) is 5.32 Å². The highest BCUT2D eigenvalue weighted by atomic mass is 16.3. The van der Waals surface area contributed by atoms with Crippen molar-refractivity contribution in [1.29, 1.82) is 0 Å². The molecule has 0 aromatic heterocycles. The summed E-state index contributed by atoms with van der Waals surface area (Å²) in [5.74, 6) is 0.0118. The van der Waals surface area contributed by atoms with Gasteiger partial charge in [0, 0.05) is 12.8 Å². The lowest BCUT2D eigenvalue weighted by molar-refractivity contribution is -0.122. The molecule has 0 saturated carbocycles. The van der Waals surface area contributed by atoms with Crippen molar-refractivity contribution in [2.24, 2.45) is 5.73 Å². The van der Waals surface area contributed by atoms with E-state index in [1.807, 2.05) is 24.3 Å². The number of hydrogen-bond donors (Lipinski definition) is 3. The average Bonchev–Trinajstić information content (AvgIpc) is 2.72. The summed E-state index contributed by atoms with van der Waals surface area (Å²) in [4.78, 5) is 11.9. The van der Waals surface area contributed by atoms with Gasteiger partial charge in [-0.25, -0.2) is 0 Å². The number of aliphatic hydroxyl groups is 1. The fourth-order valence-electron chi connectivity index (χ4n) is 2.60. The summed E-state index contributed by atoms with van der Waals surface area (Å²) in [5.41, 5.74) is 7.59. The Labute approximate surface area is 114 Å². The first-order valence-electron chi connectivity index (χ1n) is 6.97. The van der Waals surface area contributed by atoms with Gasteiger partial charge in [0.25, 0.3) is 0 Å². The number of nitrogens with two attached hydrogens (primary N) is 1. The number of carbonyl (C=O) groups is 1. The predicted molar refractivity (Wildman–Crippen MR) is 74.6 cm³/mol. The SMILES string of the molecule is NCCCCCC(=O)N[C@H]1c2ccccc2C[C@H]1O. The van der Waals surface area contributed by atoms with E-state index in [-0.39, 0.29) is 11.9 Å². The molecule has 104 valence electrons. The third kappa shape index (κ3) is 3.55. The number of rotatable bonds is 6. The Kier molecular flexibility index (Phi) is 4.93. The molecular weight excluding hydrogens is 240 g/mol. The van der Waals surface area contributed by atoms with Crippen LogP contribution in [0.1, 0.15) is 42.9 Å². The van der Waals surface area contributed by atoms with Crippen molar-refractivity contribution in [2.75, 3.05) is 6.54 Å². The first-order chi connectivity index (χ1) is 9.22. The van der Waals surface area contributed by atoms with E-state index in [0.717, 1.165) is 30.4 Å². The van der Waals surface area contributed by atoms with Crippen molar-refractivity contribution in [2.45, 2.75) is 44.2 Å². The number of nitrogens with one attached hydrogen (secondary N) is 1. The minimum absolute atomic E-state index is 0.0118. The maximum absolute atomic E-state index is 11.9. The number of amides is 1. The number of benzene rings is 1. The van der Waals surface area contributed by atoms with E-state index < -0.39 is 6.10 Å². The van der Waals surface area contributed by atoms with Gasteiger partial charge in [0.2, 0.25) is 5.91 Å². The summed E-state index contributed by atoms with van der Waals surface area (Å²) >= 11 is 0. The van der Waals surface area contributed by atoms with Gasteiger partial charge >= 0.3 is 0 Å². The quantitative estimate of drug-likeness (QED) is 0.676. The van der Waals surface area contributed by atoms with Crippen molar-refractivity contribution < 1.29 is 9.90 Å². The van der Waals surface area contributed by atoms with Crippen molar-refractivity contribution in [3.8, 4) is 0 Å². The number of aliphatic hydroxyl groups excluding tert-OH is 1. The lowest BCUT2D eigenvalue weighted by atomic mass is 10.1. The van der Waals surface area contributed by atoms with E-state index in [0.29, 0.717) is 19.4 Å². The van der Waals surface area contributed by atoms with Gasteiger partial charge in [-0.1, -0.05) is 30.7 Å². The van der Waals surface area contributed by atoms with Crippen LogP contribution in [0.3, 0.4) is 0 Å². The fourth-order valence-corrected chi connectivity index (χ4v) is 2.60. The molecule has 0 unspecified atom stereocenters. The van der Waals surface area contributed by atoms with Crippen LogP contribution < -0.4 is 11.1 Å². The number of unbranched alkanes of at least 4 members (excludes halogenated alkanes) is 2. The molecule has 0 spiro atoms. The van der Waals surface area contributed by atoms with E-state index in [4.69, 9.17) is 5.73 Å². The molecule has 0 heterocycles. The molecule has 1 aromatic carbocycles. The zero-order chi connectivity index (χ0) is 13.7. The summed E-state index contributed by atoms with van der Waals surface area (Å²) in [7, 11) is 0. The molecule has 1 aromatic rings. The second-order valence-electron chi connectivity index (χ2n) is 5.11. The molecule has 2 atom stereocenters. The predicted octanol–water partition coefficient (Wildman–Crippen LogP) is 1.28. The Morgan fingerprint density at radius 1 is 1.32 bits per heavy atom. The van der Waals surface area contributed by atoms with Gasteiger partial charge in [-0.05, 0) is 30.5 Å². The minimum Gasteiger partial charge on any atom is -0.390 e. The Hall–Kier alpha value is -1.39. The van der Waals surface area contributed by atoms with Gasteiger partial charge in [0.1, 0.15) is 0 Å². The maximum Gasteiger partial charge on any atom is 0.220 e. The molecular formula is C15H22N2O2. The highest BCUT2D eigenvalue weighted by Gasteiger charge is 2.31. The molecule has 4 heteroatoms. The van der Waals surface area contributed by atoms with Gasteiger partial charge < -0.3 is 16.2 Å². The second kappa shape index (κ2) is 6.68. The first-order valence-corrected chi connectivity index (χ1v) is 6.97. The largest absolute Gasteiger partial charge is 0.390 e. The summed E-state index contributed by atoms with van der Waals surface area (Å²) in [6.07, 6.45) is 3.41. The van der Waals surface area contributed by atoms with Crippen molar-refractivity contribution in [3.05, 3.63) is 35.4 Å². The van der Waals surface area contributed by atoms with Crippen LogP contribution >= 0.6 is 0 Å². The van der Waals surface area contributed by atoms with Crippen LogP contribution in [0, 0.1) is 0 Å². The van der Waals surface area contributed by atoms with E-state index in [9.17, 15) is 9.90 Å². The molecule has 0 aliphatic heterocycles. The Morgan fingerprint density at radius 2 is 2.11 bits per heavy atom. The highest BCUT2D eigenvalue weighted by Crippen LogP contribution is 2.31. The summed E-state index contributed by atoms with van der Waals surface area (Å²) < 4.78 is 0. The zero-order valence-corrected chi connectivity index (χ0v) is 11.1. The second-order valence-corrected chi connectivity index (χ2v) is 5.11. The molecule has 0 bridgehead atoms. The van der Waals surface area contributed by atoms with Crippen LogP contribution in [-0.4, -0.2) is 23.7 Å². The summed E-state index contributed by atoms with van der Waals surface area (Å²) in [6.45, 7) is 0.677. The molecule has 4 nitrogen and oxygen atoms in total. The molecule has 19 heavy (non-hydrogen) atoms. The zero-order valence-electron chi connectivity index (χ0n) is 11.1. The molecule has 4 N–H and O–H groups in total. The molecule has 1 aliphatic rings. The van der Waals surface area contributed by atoms with Crippen LogP contribution in [-0.2, 0) is 11.2 Å². The Balaban J connectivity index is 1.87. The van der Waals surface area contributed by atoms with Gasteiger partial charge in [0.05, 0.1) is 12.1 Å². The van der Waals surface area contributed by atoms with Crippen LogP contribution in [0.5, 0.6) is 0 Å². The summed E-state index contributed by atoms with van der Waals surface area (Å²) in [6, 6.07) is 7.63. The van der Waals surface area contributed by atoms with E-state index in [1.165, 1.54) is 0 Å². The number of hydrogen-bond acceptors (Lipinski definition) is 3. The Bertz CT molecular complexity index is 434. The summed E-state index contributed by atoms with van der Waals surface area (Å²) in [5, 5.41) is 13.0. The third-order valence-corrected chi connectivity index (χ3v) is 3.63. The van der Waals surface area contributed by atoms with Crippen molar-refractivity contribution >= 4 is 5.91 Å². The topological polar surface area (TPSA) is 75.4 Å². The molecule has 1 amide bonds. The monoisotopic (exact) mass is 262 g/mol. The van der Waals surface area contributed by atoms with Gasteiger partial charge in [-0.2, -0.15) is 0 Å². The minimum atomic E-state index is -0.509. The van der Waals surface area contributed by atoms with Gasteiger partial charge in [-0.15, -0.1) is 0 Å². The van der Waals surface area contributed by atoms with Gasteiger partial charge in [-0.3, -0.25) is 4.79 Å². The average molecular weight is 262 g/mol. The lowest BCUT2D eigenvalue weighted by Gasteiger charge is -2.17. The maximum atomic E-state index is 11.9. The lowest BCUT2D eigenvalue weighted by Crippen LogP contribution is -2.33. The molecule has 0 fully saturated rings. The highest BCUT2D eigenvalue weighted by molar-refractivity contribution is 5.76. The van der Waals surface area contributed by atoms with Gasteiger partial charge in [0.15, 0.2) is 0 Å². The number of fused-ring (bicyclic) bond motifs is 1. The third-order valence-electron chi connectivity index (χ3n) is 3.63. The van der Waals surface area contributed by atoms with E-state index >= 15 is 0 Å². The van der Waals surface area contributed by atoms with Crippen molar-refractivity contribution in [1.82, 2.24) is 5.32 Å². The Morgan fingerprint density at radius 3 is 2.89 bits per heavy atom. The smallest absolute Gasteiger partial charge is 0.220 e. The van der Waals surface area contributed by atoms with Crippen LogP contribution in [0.4, 0.5) is 0 Å². The molecule has 2 rings (SSSR count). The fraction of sp³-hybridized carbons (Fsp3) is 0.533. The molecule has 0 radical (unpaired) electrons. The normalized spacial score (nSPS) is 21.2. The van der Waals surface area contributed by atoms with Crippen LogP contribution in [0.25, 0.3) is 0 Å². The van der Waals surface area contributed by atoms with E-state index in [1.54, 1.807) is 0 Å². The number of carbonyl (C=O) groups excluding carboxylic acids is 1. The van der Waals surface area contributed by atoms with Crippen molar-refractivity contribution in [3.63, 3.8) is 0 Å². The molecule has 0 saturated heterocycles. The van der Waals surface area contributed by atoms with Crippen LogP contribution in [0.2, 0.25) is 0 Å². The standard InChI is InChI=1S/C15H22N2O2/c16-9-5-1-2-8-14(19)17-15-12-7-4-3-6-11(12)10-13(15)18/h3-4,6-7,13,15,18H,1-2,5,8-10,16H2,(H,17,19)/t13-,15+/m1/s1. The van der Waals surface area contributed by atoms with Crippen LogP contribution in [0.15, 0.2) is 24.3 Å².